The molecule has 0 aliphatic heterocycles. The Labute approximate surface area is 132 Å². The Balaban J connectivity index is 2.16. The number of amides is 1. The van der Waals surface area contributed by atoms with E-state index in [0.717, 1.165) is 11.6 Å². The van der Waals surface area contributed by atoms with Crippen LogP contribution in [-0.4, -0.2) is 28.1 Å². The highest BCUT2D eigenvalue weighted by Gasteiger charge is 2.12. The minimum Gasteiger partial charge on any atom is -0.478 e. The van der Waals surface area contributed by atoms with Gasteiger partial charge >= 0.3 is 11.9 Å². The Morgan fingerprint density at radius 1 is 0.870 bits per heavy atom. The van der Waals surface area contributed by atoms with Crippen molar-refractivity contribution in [2.75, 3.05) is 0 Å². The van der Waals surface area contributed by atoms with Gasteiger partial charge in [0.1, 0.15) is 0 Å². The molecule has 0 aromatic heterocycles. The van der Waals surface area contributed by atoms with E-state index in [4.69, 9.17) is 10.2 Å². The second-order valence-corrected chi connectivity index (χ2v) is 5.08. The van der Waals surface area contributed by atoms with Gasteiger partial charge in [0.25, 0.3) is 5.91 Å². The van der Waals surface area contributed by atoms with Gasteiger partial charge in [-0.15, -0.1) is 0 Å². The number of carboxylic acids is 2. The van der Waals surface area contributed by atoms with Crippen LogP contribution in [0.15, 0.2) is 42.5 Å². The summed E-state index contributed by atoms with van der Waals surface area (Å²) < 4.78 is 0. The Morgan fingerprint density at radius 3 is 1.87 bits per heavy atom. The third-order valence-corrected chi connectivity index (χ3v) is 3.25. The fourth-order valence-corrected chi connectivity index (χ4v) is 2.03. The van der Waals surface area contributed by atoms with Crippen LogP contribution in [-0.2, 0) is 6.54 Å². The maximum absolute atomic E-state index is 12.0. The van der Waals surface area contributed by atoms with Crippen LogP contribution in [0.2, 0.25) is 0 Å². The summed E-state index contributed by atoms with van der Waals surface area (Å²) in [6, 6.07) is 10.7. The summed E-state index contributed by atoms with van der Waals surface area (Å²) in [6.07, 6.45) is 0. The summed E-state index contributed by atoms with van der Waals surface area (Å²) in [7, 11) is 0. The molecule has 0 aliphatic rings. The van der Waals surface area contributed by atoms with Gasteiger partial charge < -0.3 is 15.5 Å². The van der Waals surface area contributed by atoms with Gasteiger partial charge in [0, 0.05) is 12.1 Å². The lowest BCUT2D eigenvalue weighted by atomic mass is 10.1. The third-order valence-electron chi connectivity index (χ3n) is 3.25. The van der Waals surface area contributed by atoms with E-state index in [0.29, 0.717) is 11.1 Å². The molecule has 2 aromatic carbocycles. The van der Waals surface area contributed by atoms with E-state index >= 15 is 0 Å². The number of carboxylic acid groups (broad SMARTS) is 2. The predicted octanol–water partition coefficient (Wildman–Crippen LogP) is 2.32. The van der Waals surface area contributed by atoms with Gasteiger partial charge in [0.05, 0.1) is 11.1 Å². The predicted molar refractivity (Wildman–Crippen MR) is 82.7 cm³/mol. The second-order valence-electron chi connectivity index (χ2n) is 5.08. The van der Waals surface area contributed by atoms with Crippen molar-refractivity contribution in [3.63, 3.8) is 0 Å². The zero-order chi connectivity index (χ0) is 17.0. The molecule has 0 saturated carbocycles. The minimum atomic E-state index is -1.22. The summed E-state index contributed by atoms with van der Waals surface area (Å²) >= 11 is 0. The minimum absolute atomic E-state index is 0.0358. The highest BCUT2D eigenvalue weighted by Crippen LogP contribution is 2.12. The van der Waals surface area contributed by atoms with Crippen LogP contribution in [0.5, 0.6) is 0 Å². The molecule has 0 saturated heterocycles. The summed E-state index contributed by atoms with van der Waals surface area (Å²) in [5.41, 5.74) is 1.64. The first-order valence-electron chi connectivity index (χ1n) is 6.82. The largest absolute Gasteiger partial charge is 0.478 e. The topological polar surface area (TPSA) is 104 Å². The summed E-state index contributed by atoms with van der Waals surface area (Å²) in [4.78, 5) is 34.1. The maximum Gasteiger partial charge on any atom is 0.335 e. The standard InChI is InChI=1S/C17H15NO5/c1-10-2-4-12(5-3-10)15(19)18-9-11-6-13(16(20)21)8-14(7-11)17(22)23/h2-8H,9H2,1H3,(H,18,19)(H,20,21)(H,22,23). The summed E-state index contributed by atoms with van der Waals surface area (Å²) in [5.74, 6) is -2.76. The quantitative estimate of drug-likeness (QED) is 0.786. The first kappa shape index (κ1) is 16.2. The van der Waals surface area contributed by atoms with Crippen LogP contribution in [0.3, 0.4) is 0 Å². The molecule has 3 N–H and O–H groups in total. The van der Waals surface area contributed by atoms with Crippen LogP contribution in [0.1, 0.15) is 42.2 Å². The van der Waals surface area contributed by atoms with E-state index in [2.05, 4.69) is 5.32 Å². The fraction of sp³-hybridized carbons (Fsp3) is 0.118. The Morgan fingerprint density at radius 2 is 1.39 bits per heavy atom. The summed E-state index contributed by atoms with van der Waals surface area (Å²) in [6.45, 7) is 1.95. The number of carbonyl (C=O) groups excluding carboxylic acids is 1. The van der Waals surface area contributed by atoms with Crippen molar-refractivity contribution in [1.29, 1.82) is 0 Å². The average molecular weight is 313 g/mol. The molecule has 0 unspecified atom stereocenters. The van der Waals surface area contributed by atoms with Gasteiger partial charge in [0.2, 0.25) is 0 Å². The molecule has 0 fully saturated rings. The normalized spacial score (nSPS) is 10.1. The Kier molecular flexibility index (Phi) is 4.75. The number of nitrogens with one attached hydrogen (secondary N) is 1. The number of hydrogen-bond acceptors (Lipinski definition) is 3. The van der Waals surface area contributed by atoms with Gasteiger partial charge in [-0.1, -0.05) is 17.7 Å². The lowest BCUT2D eigenvalue weighted by Crippen LogP contribution is -2.23. The van der Waals surface area contributed by atoms with Gasteiger partial charge in [0.15, 0.2) is 0 Å². The lowest BCUT2D eigenvalue weighted by molar-refractivity contribution is 0.0696. The molecule has 6 nitrogen and oxygen atoms in total. The molecule has 0 atom stereocenters. The van der Waals surface area contributed by atoms with Crippen molar-refractivity contribution in [2.45, 2.75) is 13.5 Å². The van der Waals surface area contributed by atoms with E-state index in [9.17, 15) is 14.4 Å². The second kappa shape index (κ2) is 6.74. The molecule has 0 radical (unpaired) electrons. The van der Waals surface area contributed by atoms with Crippen molar-refractivity contribution in [2.24, 2.45) is 0 Å². The Bertz CT molecular complexity index is 733. The molecular weight excluding hydrogens is 298 g/mol. The molecule has 1 amide bonds. The van der Waals surface area contributed by atoms with Gasteiger partial charge in [-0.25, -0.2) is 9.59 Å². The molecular formula is C17H15NO5. The number of benzene rings is 2. The zero-order valence-electron chi connectivity index (χ0n) is 12.4. The van der Waals surface area contributed by atoms with Crippen molar-refractivity contribution in [1.82, 2.24) is 5.32 Å². The molecule has 0 bridgehead atoms. The van der Waals surface area contributed by atoms with Crippen LogP contribution >= 0.6 is 0 Å². The number of aromatic carboxylic acids is 2. The monoisotopic (exact) mass is 313 g/mol. The highest BCUT2D eigenvalue weighted by molar-refractivity contribution is 5.95. The SMILES string of the molecule is Cc1ccc(C(=O)NCc2cc(C(=O)O)cc(C(=O)O)c2)cc1. The first-order chi connectivity index (χ1) is 10.9. The van der Waals surface area contributed by atoms with Gasteiger partial charge in [-0.2, -0.15) is 0 Å². The van der Waals surface area contributed by atoms with Crippen LogP contribution in [0, 0.1) is 6.92 Å². The third kappa shape index (κ3) is 4.16. The molecule has 0 spiro atoms. The molecule has 0 aliphatic carbocycles. The number of aryl methyl sites for hydroxylation is 1. The van der Waals surface area contributed by atoms with Crippen LogP contribution < -0.4 is 5.32 Å². The molecule has 2 rings (SSSR count). The number of rotatable bonds is 5. The highest BCUT2D eigenvalue weighted by atomic mass is 16.4. The summed E-state index contributed by atoms with van der Waals surface area (Å²) in [5, 5.41) is 20.7. The van der Waals surface area contributed by atoms with E-state index in [1.807, 2.05) is 19.1 Å². The van der Waals surface area contributed by atoms with Crippen LogP contribution in [0.25, 0.3) is 0 Å². The van der Waals surface area contributed by atoms with Gasteiger partial charge in [-0.3, -0.25) is 4.79 Å². The molecule has 2 aromatic rings. The van der Waals surface area contributed by atoms with Crippen LogP contribution in [0.4, 0.5) is 0 Å². The molecule has 0 heterocycles. The van der Waals surface area contributed by atoms with E-state index < -0.39 is 11.9 Å². The first-order valence-corrected chi connectivity index (χ1v) is 6.82. The molecule has 118 valence electrons. The fourth-order valence-electron chi connectivity index (χ4n) is 2.03. The number of carbonyl (C=O) groups is 3. The molecule has 6 heteroatoms. The number of hydrogen-bond donors (Lipinski definition) is 3. The van der Waals surface area contributed by atoms with Crippen molar-refractivity contribution in [3.8, 4) is 0 Å². The van der Waals surface area contributed by atoms with Crippen molar-refractivity contribution < 1.29 is 24.6 Å². The maximum atomic E-state index is 12.0. The van der Waals surface area contributed by atoms with E-state index in [1.165, 1.54) is 12.1 Å². The van der Waals surface area contributed by atoms with E-state index in [-0.39, 0.29) is 23.6 Å². The Hall–Kier alpha value is -3.15. The smallest absolute Gasteiger partial charge is 0.335 e. The average Bonchev–Trinajstić information content (AvgIpc) is 2.52. The zero-order valence-corrected chi connectivity index (χ0v) is 12.4. The van der Waals surface area contributed by atoms with E-state index in [1.54, 1.807) is 12.1 Å². The lowest BCUT2D eigenvalue weighted by Gasteiger charge is -2.08. The van der Waals surface area contributed by atoms with Crippen molar-refractivity contribution >= 4 is 17.8 Å². The molecule has 23 heavy (non-hydrogen) atoms. The van der Waals surface area contributed by atoms with Gasteiger partial charge in [-0.05, 0) is 42.8 Å². The van der Waals surface area contributed by atoms with Crippen molar-refractivity contribution in [3.05, 3.63) is 70.3 Å².